The lowest BCUT2D eigenvalue weighted by atomic mass is 10.0. The van der Waals surface area contributed by atoms with E-state index in [-0.39, 0.29) is 10.6 Å². The Morgan fingerprint density at radius 1 is 1.26 bits per heavy atom. The SMILES string of the molecule is CCOc1ccc(-n2c(S)c(/C=C3/C=NN=C3c3cccc([N+](=O)[O-])c3)sc2=O)cc1. The molecule has 0 aliphatic carbocycles. The molecular formula is C21H16N4O4S2. The number of hydrogen-bond donors (Lipinski definition) is 1. The molecule has 2 heterocycles. The normalized spacial score (nSPS) is 14.1. The lowest BCUT2D eigenvalue weighted by Crippen LogP contribution is -2.10. The second-order valence-electron chi connectivity index (χ2n) is 6.42. The molecule has 4 rings (SSSR count). The van der Waals surface area contributed by atoms with E-state index in [1.54, 1.807) is 48.7 Å². The Kier molecular flexibility index (Phi) is 5.83. The first kappa shape index (κ1) is 20.8. The highest BCUT2D eigenvalue weighted by Gasteiger charge is 2.19. The summed E-state index contributed by atoms with van der Waals surface area (Å²) in [6.07, 6.45) is 3.31. The largest absolute Gasteiger partial charge is 0.494 e. The summed E-state index contributed by atoms with van der Waals surface area (Å²) in [4.78, 5) is 23.7. The first-order chi connectivity index (χ1) is 15.0. The van der Waals surface area contributed by atoms with Crippen LogP contribution in [-0.2, 0) is 0 Å². The predicted molar refractivity (Wildman–Crippen MR) is 124 cm³/mol. The van der Waals surface area contributed by atoms with Crippen molar-refractivity contribution in [3.8, 4) is 11.4 Å². The maximum Gasteiger partial charge on any atom is 0.313 e. The maximum atomic E-state index is 12.7. The molecule has 156 valence electrons. The number of benzene rings is 2. The van der Waals surface area contributed by atoms with Crippen molar-refractivity contribution in [1.82, 2.24) is 4.57 Å². The Bertz CT molecular complexity index is 1300. The number of thiol groups is 1. The summed E-state index contributed by atoms with van der Waals surface area (Å²) in [6.45, 7) is 2.46. The first-order valence-corrected chi connectivity index (χ1v) is 10.5. The standard InChI is InChI=1S/C21H16N4O4S2/c1-2-29-17-8-6-15(7-9-17)24-20(30)18(31-21(24)26)11-14-12-22-23-19(14)13-4-3-5-16(10-13)25(27)28/h3-12,30H,2H2,1H3/b14-11-. The smallest absolute Gasteiger partial charge is 0.313 e. The number of nitrogens with zero attached hydrogens (tertiary/aromatic N) is 4. The van der Waals surface area contributed by atoms with Gasteiger partial charge in [-0.25, -0.2) is 0 Å². The minimum Gasteiger partial charge on any atom is -0.494 e. The predicted octanol–water partition coefficient (Wildman–Crippen LogP) is 4.37. The zero-order chi connectivity index (χ0) is 22.0. The van der Waals surface area contributed by atoms with Crippen LogP contribution in [-0.4, -0.2) is 28.0 Å². The van der Waals surface area contributed by atoms with Crippen LogP contribution in [0.4, 0.5) is 5.69 Å². The average molecular weight is 453 g/mol. The summed E-state index contributed by atoms with van der Waals surface area (Å²) in [5.41, 5.74) is 2.33. The summed E-state index contributed by atoms with van der Waals surface area (Å²) >= 11 is 5.61. The van der Waals surface area contributed by atoms with Crippen LogP contribution in [0.15, 0.2) is 74.1 Å². The van der Waals surface area contributed by atoms with Gasteiger partial charge < -0.3 is 4.74 Å². The topological polar surface area (TPSA) is 99.1 Å². The van der Waals surface area contributed by atoms with E-state index >= 15 is 0 Å². The van der Waals surface area contributed by atoms with E-state index in [1.165, 1.54) is 16.7 Å². The fourth-order valence-electron chi connectivity index (χ4n) is 3.07. The Morgan fingerprint density at radius 2 is 2.03 bits per heavy atom. The minimum absolute atomic E-state index is 0.0346. The van der Waals surface area contributed by atoms with Gasteiger partial charge in [0.1, 0.15) is 11.5 Å². The van der Waals surface area contributed by atoms with Gasteiger partial charge in [-0.3, -0.25) is 19.5 Å². The van der Waals surface area contributed by atoms with Crippen LogP contribution in [0, 0.1) is 10.1 Å². The summed E-state index contributed by atoms with van der Waals surface area (Å²) in [5, 5.41) is 19.6. The molecule has 3 aromatic rings. The minimum atomic E-state index is -0.461. The number of nitro benzene ring substituents is 1. The van der Waals surface area contributed by atoms with Gasteiger partial charge in [-0.05, 0) is 37.3 Å². The quantitative estimate of drug-likeness (QED) is 0.341. The molecular weight excluding hydrogens is 436 g/mol. The molecule has 0 unspecified atom stereocenters. The monoisotopic (exact) mass is 452 g/mol. The van der Waals surface area contributed by atoms with E-state index in [0.29, 0.717) is 39.0 Å². The van der Waals surface area contributed by atoms with Crippen molar-refractivity contribution in [3.63, 3.8) is 0 Å². The third-order valence-electron chi connectivity index (χ3n) is 4.46. The van der Waals surface area contributed by atoms with E-state index in [0.717, 1.165) is 17.1 Å². The maximum absolute atomic E-state index is 12.7. The molecule has 10 heteroatoms. The van der Waals surface area contributed by atoms with Crippen LogP contribution in [0.3, 0.4) is 0 Å². The van der Waals surface area contributed by atoms with Gasteiger partial charge >= 0.3 is 4.87 Å². The third kappa shape index (κ3) is 4.21. The molecule has 0 fully saturated rings. The van der Waals surface area contributed by atoms with E-state index in [9.17, 15) is 14.9 Å². The molecule has 0 amide bonds. The van der Waals surface area contributed by atoms with Crippen molar-refractivity contribution in [3.05, 3.63) is 84.3 Å². The molecule has 2 aromatic carbocycles. The van der Waals surface area contributed by atoms with Crippen LogP contribution in [0.1, 0.15) is 17.4 Å². The number of ether oxygens (including phenoxy) is 1. The van der Waals surface area contributed by atoms with Crippen molar-refractivity contribution in [2.45, 2.75) is 11.9 Å². The third-order valence-corrected chi connectivity index (χ3v) is 5.94. The van der Waals surface area contributed by atoms with E-state index < -0.39 is 4.92 Å². The number of rotatable bonds is 6. The molecule has 0 saturated heterocycles. The van der Waals surface area contributed by atoms with Crippen LogP contribution >= 0.6 is 24.0 Å². The molecule has 0 N–H and O–H groups in total. The zero-order valence-electron chi connectivity index (χ0n) is 16.3. The molecule has 31 heavy (non-hydrogen) atoms. The van der Waals surface area contributed by atoms with Crippen LogP contribution in [0.2, 0.25) is 0 Å². The Morgan fingerprint density at radius 3 is 2.74 bits per heavy atom. The number of nitro groups is 1. The lowest BCUT2D eigenvalue weighted by Gasteiger charge is -2.07. The van der Waals surface area contributed by atoms with E-state index in [4.69, 9.17) is 4.74 Å². The fraction of sp³-hybridized carbons (Fsp3) is 0.0952. The molecule has 0 spiro atoms. The van der Waals surface area contributed by atoms with Gasteiger partial charge in [0.2, 0.25) is 0 Å². The molecule has 8 nitrogen and oxygen atoms in total. The van der Waals surface area contributed by atoms with E-state index in [1.807, 2.05) is 6.92 Å². The average Bonchev–Trinajstić information content (AvgIpc) is 3.33. The molecule has 0 radical (unpaired) electrons. The van der Waals surface area contributed by atoms with Crippen LogP contribution < -0.4 is 9.61 Å². The Balaban J connectivity index is 1.69. The summed E-state index contributed by atoms with van der Waals surface area (Å²) < 4.78 is 6.95. The van der Waals surface area contributed by atoms with Gasteiger partial charge in [-0.1, -0.05) is 23.5 Å². The zero-order valence-corrected chi connectivity index (χ0v) is 18.0. The van der Waals surface area contributed by atoms with Crippen molar-refractivity contribution < 1.29 is 9.66 Å². The molecule has 1 aliphatic rings. The summed E-state index contributed by atoms with van der Waals surface area (Å²) in [5.74, 6) is 0.720. The van der Waals surface area contributed by atoms with Crippen molar-refractivity contribution in [2.75, 3.05) is 6.61 Å². The van der Waals surface area contributed by atoms with Crippen LogP contribution in [0.5, 0.6) is 5.75 Å². The van der Waals surface area contributed by atoms with Gasteiger partial charge in [0.15, 0.2) is 0 Å². The second kappa shape index (κ2) is 8.70. The van der Waals surface area contributed by atoms with Crippen molar-refractivity contribution in [2.24, 2.45) is 10.2 Å². The van der Waals surface area contributed by atoms with Gasteiger partial charge in [0.25, 0.3) is 5.69 Å². The van der Waals surface area contributed by atoms with Gasteiger partial charge in [0.05, 0.1) is 33.3 Å². The van der Waals surface area contributed by atoms with Gasteiger partial charge in [-0.2, -0.15) is 5.10 Å². The highest BCUT2D eigenvalue weighted by molar-refractivity contribution is 7.80. The molecule has 1 aliphatic heterocycles. The fourth-order valence-corrected chi connectivity index (χ4v) is 4.39. The summed E-state index contributed by atoms with van der Waals surface area (Å²) in [6, 6.07) is 13.4. The van der Waals surface area contributed by atoms with Gasteiger partial charge in [0, 0.05) is 23.3 Å². The Hall–Kier alpha value is -3.50. The van der Waals surface area contributed by atoms with Gasteiger partial charge in [-0.15, -0.1) is 17.7 Å². The van der Waals surface area contributed by atoms with Crippen molar-refractivity contribution in [1.29, 1.82) is 0 Å². The Labute approximate surface area is 186 Å². The van der Waals surface area contributed by atoms with E-state index in [2.05, 4.69) is 22.8 Å². The highest BCUT2D eigenvalue weighted by atomic mass is 32.1. The number of allylic oxidation sites excluding steroid dienone is 1. The number of hydrogen-bond acceptors (Lipinski definition) is 8. The number of thiazole rings is 1. The molecule has 0 bridgehead atoms. The van der Waals surface area contributed by atoms with Crippen LogP contribution in [0.25, 0.3) is 11.8 Å². The summed E-state index contributed by atoms with van der Waals surface area (Å²) in [7, 11) is 0. The number of aromatic nitrogens is 1. The number of non-ortho nitro benzene ring substituents is 1. The van der Waals surface area contributed by atoms with Crippen molar-refractivity contribution >= 4 is 47.7 Å². The molecule has 0 saturated carbocycles. The second-order valence-corrected chi connectivity index (χ2v) is 7.84. The highest BCUT2D eigenvalue weighted by Crippen LogP contribution is 2.27. The first-order valence-electron chi connectivity index (χ1n) is 9.24. The lowest BCUT2D eigenvalue weighted by molar-refractivity contribution is -0.384. The molecule has 1 aromatic heterocycles. The molecule has 0 atom stereocenters.